The second-order valence-electron chi connectivity index (χ2n) is 7.68. The number of phenols is 1. The van der Waals surface area contributed by atoms with Gasteiger partial charge in [-0.1, -0.05) is 0 Å². The molecular weight excluding hydrogens is 365 g/mol. The predicted octanol–water partition coefficient (Wildman–Crippen LogP) is 1.00. The Kier molecular flexibility index (Phi) is 6.85. The maximum Gasteiger partial charge on any atom is 0.254 e. The molecule has 2 aliphatic rings. The Balaban J connectivity index is 1.57. The number of halogens is 1. The topological polar surface area (TPSA) is 102 Å². The van der Waals surface area contributed by atoms with Gasteiger partial charge >= 0.3 is 0 Å². The van der Waals surface area contributed by atoms with E-state index in [1.807, 2.05) is 0 Å². The van der Waals surface area contributed by atoms with Gasteiger partial charge in [-0.15, -0.1) is 0 Å². The third-order valence-corrected chi connectivity index (χ3v) is 5.49. The van der Waals surface area contributed by atoms with Gasteiger partial charge in [0.1, 0.15) is 11.6 Å². The lowest BCUT2D eigenvalue weighted by Crippen LogP contribution is -2.45. The number of nitrogens with zero attached hydrogens (tertiary/aromatic N) is 1. The number of rotatable bonds is 9. The molecule has 0 aromatic heterocycles. The number of aliphatic hydroxyl groups excluding tert-OH is 1. The van der Waals surface area contributed by atoms with Crippen molar-refractivity contribution in [3.05, 3.63) is 29.6 Å². The van der Waals surface area contributed by atoms with Crippen LogP contribution in [0.1, 0.15) is 42.5 Å². The molecule has 1 aromatic carbocycles. The second-order valence-corrected chi connectivity index (χ2v) is 7.68. The smallest absolute Gasteiger partial charge is 0.254 e. The van der Waals surface area contributed by atoms with Crippen molar-refractivity contribution in [3.8, 4) is 5.75 Å². The first-order valence-corrected chi connectivity index (χ1v) is 9.88. The zero-order chi connectivity index (χ0) is 20.1. The third kappa shape index (κ3) is 5.42. The number of hydrogen-bond donors (Lipinski definition) is 4. The first kappa shape index (κ1) is 20.5. The Bertz CT molecular complexity index is 711. The number of benzene rings is 1. The number of nitrogens with one attached hydrogen (secondary N) is 2. The van der Waals surface area contributed by atoms with Crippen LogP contribution in [0.2, 0.25) is 0 Å². The molecule has 28 heavy (non-hydrogen) atoms. The van der Waals surface area contributed by atoms with E-state index in [1.165, 1.54) is 25.0 Å². The number of aliphatic hydroxyl groups is 1. The highest BCUT2D eigenvalue weighted by atomic mass is 19.1. The Labute approximate surface area is 163 Å². The summed E-state index contributed by atoms with van der Waals surface area (Å²) in [4.78, 5) is 26.7. The van der Waals surface area contributed by atoms with Gasteiger partial charge in [0.2, 0.25) is 5.91 Å². The standard InChI is InChI=1S/C20H28FN3O4/c21-18-10-16(26)5-6-17(18)20(28)23-11-15-4-3-14(9-19(27)22-7-8-25)24(15)12-13-1-2-13/h5-6,10,13-15,25-26H,1-4,7-9,11-12H2,(H,22,27)(H,23,28)/t14-,15+/m1/s1. The van der Waals surface area contributed by atoms with Gasteiger partial charge in [0.25, 0.3) is 5.91 Å². The molecule has 1 heterocycles. The van der Waals surface area contributed by atoms with Gasteiger partial charge in [-0.05, 0) is 43.7 Å². The number of carbonyl (C=O) groups is 2. The molecule has 4 N–H and O–H groups in total. The summed E-state index contributed by atoms with van der Waals surface area (Å²) in [5.41, 5.74) is -0.0931. The van der Waals surface area contributed by atoms with Gasteiger partial charge in [-0.2, -0.15) is 0 Å². The number of aromatic hydroxyl groups is 1. The van der Waals surface area contributed by atoms with Crippen molar-refractivity contribution in [1.29, 1.82) is 0 Å². The molecule has 1 saturated carbocycles. The average Bonchev–Trinajstić information content (AvgIpc) is 3.40. The van der Waals surface area contributed by atoms with Crippen molar-refractivity contribution in [2.75, 3.05) is 26.2 Å². The summed E-state index contributed by atoms with van der Waals surface area (Å²) < 4.78 is 13.9. The molecule has 1 aliphatic carbocycles. The van der Waals surface area contributed by atoms with Crippen molar-refractivity contribution in [2.45, 2.75) is 44.2 Å². The van der Waals surface area contributed by atoms with Crippen LogP contribution in [0.15, 0.2) is 18.2 Å². The molecule has 2 atom stereocenters. The summed E-state index contributed by atoms with van der Waals surface area (Å²) in [6.45, 7) is 1.48. The highest BCUT2D eigenvalue weighted by Crippen LogP contribution is 2.35. The van der Waals surface area contributed by atoms with Crippen LogP contribution in [-0.2, 0) is 4.79 Å². The normalized spacial score (nSPS) is 22.2. The predicted molar refractivity (Wildman–Crippen MR) is 101 cm³/mol. The Morgan fingerprint density at radius 2 is 1.89 bits per heavy atom. The van der Waals surface area contributed by atoms with Crippen molar-refractivity contribution in [3.63, 3.8) is 0 Å². The number of hydrogen-bond acceptors (Lipinski definition) is 5. The first-order chi connectivity index (χ1) is 13.5. The molecule has 7 nitrogen and oxygen atoms in total. The summed E-state index contributed by atoms with van der Waals surface area (Å²) in [5.74, 6) is -0.905. The Morgan fingerprint density at radius 3 is 2.57 bits per heavy atom. The minimum absolute atomic E-state index is 0.0734. The van der Waals surface area contributed by atoms with Gasteiger partial charge in [0, 0.05) is 44.2 Å². The van der Waals surface area contributed by atoms with E-state index in [0.717, 1.165) is 25.5 Å². The lowest BCUT2D eigenvalue weighted by atomic mass is 10.1. The monoisotopic (exact) mass is 393 g/mol. The van der Waals surface area contributed by atoms with Crippen LogP contribution in [0.4, 0.5) is 4.39 Å². The highest BCUT2D eigenvalue weighted by molar-refractivity contribution is 5.94. The van der Waals surface area contributed by atoms with Gasteiger partial charge in [0.15, 0.2) is 0 Å². The van der Waals surface area contributed by atoms with Gasteiger partial charge in [-0.3, -0.25) is 14.5 Å². The van der Waals surface area contributed by atoms with E-state index in [1.54, 1.807) is 0 Å². The number of likely N-dealkylation sites (tertiary alicyclic amines) is 1. The van der Waals surface area contributed by atoms with Crippen molar-refractivity contribution in [2.24, 2.45) is 5.92 Å². The van der Waals surface area contributed by atoms with E-state index >= 15 is 0 Å². The number of phenolic OH excluding ortho intramolecular Hbond substituents is 1. The Hall–Kier alpha value is -2.19. The molecule has 0 unspecified atom stereocenters. The molecular formula is C20H28FN3O4. The van der Waals surface area contributed by atoms with E-state index < -0.39 is 11.7 Å². The van der Waals surface area contributed by atoms with E-state index in [0.29, 0.717) is 18.9 Å². The lowest BCUT2D eigenvalue weighted by Gasteiger charge is -2.30. The van der Waals surface area contributed by atoms with Gasteiger partial charge in [-0.25, -0.2) is 4.39 Å². The fraction of sp³-hybridized carbons (Fsp3) is 0.600. The minimum atomic E-state index is -0.753. The maximum absolute atomic E-state index is 13.9. The van der Waals surface area contributed by atoms with Crippen LogP contribution in [0.3, 0.4) is 0 Å². The zero-order valence-corrected chi connectivity index (χ0v) is 15.9. The lowest BCUT2D eigenvalue weighted by molar-refractivity contribution is -0.122. The fourth-order valence-electron chi connectivity index (χ4n) is 3.83. The maximum atomic E-state index is 13.9. The molecule has 154 valence electrons. The highest BCUT2D eigenvalue weighted by Gasteiger charge is 2.38. The fourth-order valence-corrected chi connectivity index (χ4v) is 3.83. The largest absolute Gasteiger partial charge is 0.508 e. The summed E-state index contributed by atoms with van der Waals surface area (Å²) in [6.07, 6.45) is 4.50. The van der Waals surface area contributed by atoms with Gasteiger partial charge < -0.3 is 20.8 Å². The number of carbonyl (C=O) groups excluding carboxylic acids is 2. The van der Waals surface area contributed by atoms with Crippen molar-refractivity contribution < 1.29 is 24.2 Å². The van der Waals surface area contributed by atoms with E-state index in [4.69, 9.17) is 5.11 Å². The average molecular weight is 393 g/mol. The number of amides is 2. The van der Waals surface area contributed by atoms with Crippen molar-refractivity contribution in [1.82, 2.24) is 15.5 Å². The zero-order valence-electron chi connectivity index (χ0n) is 15.9. The van der Waals surface area contributed by atoms with Crippen LogP contribution in [-0.4, -0.2) is 65.3 Å². The van der Waals surface area contributed by atoms with Crippen LogP contribution >= 0.6 is 0 Å². The molecule has 2 amide bonds. The molecule has 3 rings (SSSR count). The third-order valence-electron chi connectivity index (χ3n) is 5.49. The molecule has 2 fully saturated rings. The van der Waals surface area contributed by atoms with Crippen molar-refractivity contribution >= 4 is 11.8 Å². The van der Waals surface area contributed by atoms with Crippen LogP contribution < -0.4 is 10.6 Å². The summed E-state index contributed by atoms with van der Waals surface area (Å²) in [7, 11) is 0. The molecule has 1 aliphatic heterocycles. The molecule has 8 heteroatoms. The second kappa shape index (κ2) is 9.34. The summed E-state index contributed by atoms with van der Waals surface area (Å²) in [5, 5.41) is 23.6. The van der Waals surface area contributed by atoms with E-state index in [9.17, 15) is 19.1 Å². The molecule has 0 spiro atoms. The van der Waals surface area contributed by atoms with Crippen LogP contribution in [0.5, 0.6) is 5.75 Å². The SMILES string of the molecule is O=C(C[C@H]1CC[C@@H](CNC(=O)c2ccc(O)cc2F)N1CC1CC1)NCCO. The summed E-state index contributed by atoms with van der Waals surface area (Å²) in [6, 6.07) is 3.70. The van der Waals surface area contributed by atoms with Crippen LogP contribution in [0.25, 0.3) is 0 Å². The Morgan fingerprint density at radius 1 is 1.14 bits per heavy atom. The van der Waals surface area contributed by atoms with Gasteiger partial charge in [0.05, 0.1) is 12.2 Å². The quantitative estimate of drug-likeness (QED) is 0.501. The minimum Gasteiger partial charge on any atom is -0.508 e. The van der Waals surface area contributed by atoms with E-state index in [2.05, 4.69) is 15.5 Å². The first-order valence-electron chi connectivity index (χ1n) is 9.88. The molecule has 0 bridgehead atoms. The van der Waals surface area contributed by atoms with E-state index in [-0.39, 0.29) is 42.5 Å². The molecule has 1 aromatic rings. The molecule has 1 saturated heterocycles. The van der Waals surface area contributed by atoms with Crippen LogP contribution in [0, 0.1) is 11.7 Å². The molecule has 0 radical (unpaired) electrons. The summed E-state index contributed by atoms with van der Waals surface area (Å²) >= 11 is 0.